The number of rotatable bonds is 3. The lowest BCUT2D eigenvalue weighted by molar-refractivity contribution is 0.0664. The van der Waals surface area contributed by atoms with Gasteiger partial charge in [-0.3, -0.25) is 4.79 Å². The van der Waals surface area contributed by atoms with E-state index < -0.39 is 0 Å². The van der Waals surface area contributed by atoms with Crippen molar-refractivity contribution in [1.82, 2.24) is 15.1 Å². The lowest BCUT2D eigenvalue weighted by atomic mass is 10.1. The van der Waals surface area contributed by atoms with Gasteiger partial charge >= 0.3 is 6.03 Å². The van der Waals surface area contributed by atoms with Crippen molar-refractivity contribution in [2.75, 3.05) is 26.2 Å². The van der Waals surface area contributed by atoms with Crippen molar-refractivity contribution in [2.24, 2.45) is 0 Å². The van der Waals surface area contributed by atoms with Gasteiger partial charge in [0.05, 0.1) is 0 Å². The molecule has 0 aliphatic carbocycles. The maximum atomic E-state index is 12.6. The van der Waals surface area contributed by atoms with E-state index in [2.05, 4.69) is 5.32 Å². The first-order chi connectivity index (χ1) is 11.7. The predicted octanol–water partition coefficient (Wildman–Crippen LogP) is 2.74. The van der Waals surface area contributed by atoms with Crippen LogP contribution in [0.2, 0.25) is 0 Å². The first-order valence-corrected chi connectivity index (χ1v) is 8.79. The highest BCUT2D eigenvalue weighted by Gasteiger charge is 2.25. The number of amides is 3. The van der Waals surface area contributed by atoms with Gasteiger partial charge in [0.1, 0.15) is 11.4 Å². The third kappa shape index (κ3) is 5.66. The van der Waals surface area contributed by atoms with Crippen LogP contribution in [-0.2, 0) is 0 Å². The van der Waals surface area contributed by atoms with Crippen LogP contribution in [0.5, 0.6) is 5.75 Å². The van der Waals surface area contributed by atoms with Gasteiger partial charge in [0.25, 0.3) is 5.91 Å². The number of piperazine rings is 1. The molecule has 25 heavy (non-hydrogen) atoms. The van der Waals surface area contributed by atoms with E-state index in [4.69, 9.17) is 4.74 Å². The lowest BCUT2D eigenvalue weighted by Crippen LogP contribution is -2.54. The van der Waals surface area contributed by atoms with Gasteiger partial charge in [0.2, 0.25) is 0 Å². The highest BCUT2D eigenvalue weighted by atomic mass is 16.5. The monoisotopic (exact) mass is 347 g/mol. The van der Waals surface area contributed by atoms with Crippen molar-refractivity contribution in [3.05, 3.63) is 29.8 Å². The smallest absolute Gasteiger partial charge is 0.317 e. The molecule has 1 aromatic rings. The summed E-state index contributed by atoms with van der Waals surface area (Å²) in [5, 5.41) is 2.88. The zero-order valence-corrected chi connectivity index (χ0v) is 15.8. The van der Waals surface area contributed by atoms with E-state index in [0.29, 0.717) is 31.7 Å². The number of nitrogens with one attached hydrogen (secondary N) is 1. The Hall–Kier alpha value is -2.24. The maximum absolute atomic E-state index is 12.6. The van der Waals surface area contributed by atoms with E-state index in [-0.39, 0.29) is 23.6 Å². The van der Waals surface area contributed by atoms with E-state index >= 15 is 0 Å². The number of ether oxygens (including phenoxy) is 1. The second-order valence-electron chi connectivity index (χ2n) is 7.62. The highest BCUT2D eigenvalue weighted by Crippen LogP contribution is 2.19. The SMILES string of the molecule is CC(C)NC(=O)N1CCN(C(=O)c2ccc(OC(C)(C)C)cc2)CC1. The summed E-state index contributed by atoms with van der Waals surface area (Å²) in [6.45, 7) is 12.0. The third-order valence-electron chi connectivity index (χ3n) is 3.79. The fourth-order valence-corrected chi connectivity index (χ4v) is 2.65. The Bertz CT molecular complexity index is 597. The van der Waals surface area contributed by atoms with Crippen molar-refractivity contribution in [3.8, 4) is 5.75 Å². The first-order valence-electron chi connectivity index (χ1n) is 8.79. The van der Waals surface area contributed by atoms with Crippen molar-refractivity contribution < 1.29 is 14.3 Å². The van der Waals surface area contributed by atoms with E-state index in [1.54, 1.807) is 21.9 Å². The number of nitrogens with zero attached hydrogens (tertiary/aromatic N) is 2. The van der Waals surface area contributed by atoms with Crippen LogP contribution in [0.25, 0.3) is 0 Å². The molecule has 0 saturated carbocycles. The summed E-state index contributed by atoms with van der Waals surface area (Å²) in [5.41, 5.74) is 0.375. The van der Waals surface area contributed by atoms with Gasteiger partial charge in [0.15, 0.2) is 0 Å². The molecule has 1 aromatic carbocycles. The number of carbonyl (C=O) groups is 2. The Morgan fingerprint density at radius 2 is 1.52 bits per heavy atom. The molecule has 1 heterocycles. The minimum Gasteiger partial charge on any atom is -0.488 e. The minimum atomic E-state index is -0.265. The topological polar surface area (TPSA) is 61.9 Å². The number of benzene rings is 1. The van der Waals surface area contributed by atoms with Gasteiger partial charge in [-0.1, -0.05) is 0 Å². The van der Waals surface area contributed by atoms with Gasteiger partial charge in [-0.05, 0) is 58.9 Å². The Morgan fingerprint density at radius 3 is 2.00 bits per heavy atom. The van der Waals surface area contributed by atoms with Crippen LogP contribution in [0.4, 0.5) is 4.79 Å². The Balaban J connectivity index is 1.91. The molecule has 0 aromatic heterocycles. The predicted molar refractivity (Wildman–Crippen MR) is 98.0 cm³/mol. The molecule has 0 spiro atoms. The second-order valence-corrected chi connectivity index (χ2v) is 7.62. The maximum Gasteiger partial charge on any atom is 0.317 e. The largest absolute Gasteiger partial charge is 0.488 e. The summed E-state index contributed by atoms with van der Waals surface area (Å²) >= 11 is 0. The van der Waals surface area contributed by atoms with Crippen LogP contribution in [0, 0.1) is 0 Å². The normalized spacial score (nSPS) is 15.3. The molecule has 1 aliphatic rings. The van der Waals surface area contributed by atoms with Gasteiger partial charge in [-0.2, -0.15) is 0 Å². The number of hydrogen-bond donors (Lipinski definition) is 1. The zero-order valence-electron chi connectivity index (χ0n) is 15.8. The van der Waals surface area contributed by atoms with E-state index in [9.17, 15) is 9.59 Å². The van der Waals surface area contributed by atoms with Crippen molar-refractivity contribution in [2.45, 2.75) is 46.3 Å². The summed E-state index contributed by atoms with van der Waals surface area (Å²) in [7, 11) is 0. The molecule has 6 nitrogen and oxygen atoms in total. The van der Waals surface area contributed by atoms with E-state index in [0.717, 1.165) is 5.75 Å². The van der Waals surface area contributed by atoms with Gasteiger partial charge in [0, 0.05) is 37.8 Å². The summed E-state index contributed by atoms with van der Waals surface area (Å²) in [6.07, 6.45) is 0. The zero-order chi connectivity index (χ0) is 18.6. The molecule has 2 rings (SSSR count). The molecule has 0 bridgehead atoms. The van der Waals surface area contributed by atoms with Gasteiger partial charge in [-0.15, -0.1) is 0 Å². The number of hydrogen-bond acceptors (Lipinski definition) is 3. The average molecular weight is 347 g/mol. The molecular formula is C19H29N3O3. The number of carbonyl (C=O) groups excluding carboxylic acids is 2. The van der Waals surface area contributed by atoms with Crippen LogP contribution in [0.3, 0.4) is 0 Å². The van der Waals surface area contributed by atoms with Crippen LogP contribution < -0.4 is 10.1 Å². The van der Waals surface area contributed by atoms with Gasteiger partial charge < -0.3 is 19.9 Å². The van der Waals surface area contributed by atoms with Crippen LogP contribution in [0.1, 0.15) is 45.0 Å². The molecule has 6 heteroatoms. The summed E-state index contributed by atoms with van der Waals surface area (Å²) < 4.78 is 5.78. The summed E-state index contributed by atoms with van der Waals surface area (Å²) in [4.78, 5) is 28.2. The molecule has 0 atom stereocenters. The Kier molecular flexibility index (Phi) is 5.93. The molecule has 1 N–H and O–H groups in total. The molecule has 138 valence electrons. The Labute approximate surface area is 150 Å². The van der Waals surface area contributed by atoms with Crippen molar-refractivity contribution in [1.29, 1.82) is 0 Å². The van der Waals surface area contributed by atoms with Crippen molar-refractivity contribution in [3.63, 3.8) is 0 Å². The fraction of sp³-hybridized carbons (Fsp3) is 0.579. The average Bonchev–Trinajstić information content (AvgIpc) is 2.53. The van der Waals surface area contributed by atoms with Crippen molar-refractivity contribution >= 4 is 11.9 Å². The molecular weight excluding hydrogens is 318 g/mol. The molecule has 0 unspecified atom stereocenters. The highest BCUT2D eigenvalue weighted by molar-refractivity contribution is 5.94. The first kappa shape index (κ1) is 19.1. The fourth-order valence-electron chi connectivity index (χ4n) is 2.65. The van der Waals surface area contributed by atoms with E-state index in [1.807, 2.05) is 46.8 Å². The standard InChI is InChI=1S/C19H29N3O3/c1-14(2)20-18(24)22-12-10-21(11-13-22)17(23)15-6-8-16(9-7-15)25-19(3,4)5/h6-9,14H,10-13H2,1-5H3,(H,20,24). The van der Waals surface area contributed by atoms with E-state index in [1.165, 1.54) is 0 Å². The number of urea groups is 1. The molecule has 1 saturated heterocycles. The molecule has 0 radical (unpaired) electrons. The minimum absolute atomic E-state index is 0.00812. The second kappa shape index (κ2) is 7.76. The summed E-state index contributed by atoms with van der Waals surface area (Å²) in [6, 6.07) is 7.28. The summed E-state index contributed by atoms with van der Waals surface area (Å²) in [5.74, 6) is 0.741. The van der Waals surface area contributed by atoms with Crippen LogP contribution in [-0.4, -0.2) is 59.6 Å². The molecule has 3 amide bonds. The quantitative estimate of drug-likeness (QED) is 0.914. The molecule has 1 fully saturated rings. The lowest BCUT2D eigenvalue weighted by Gasteiger charge is -2.35. The van der Waals surface area contributed by atoms with Crippen LogP contribution >= 0.6 is 0 Å². The Morgan fingerprint density at radius 1 is 1.00 bits per heavy atom. The van der Waals surface area contributed by atoms with Crippen LogP contribution in [0.15, 0.2) is 24.3 Å². The third-order valence-corrected chi connectivity index (χ3v) is 3.79. The molecule has 1 aliphatic heterocycles. The van der Waals surface area contributed by atoms with Gasteiger partial charge in [-0.25, -0.2) is 4.79 Å².